The Morgan fingerprint density at radius 3 is 2.60 bits per heavy atom. The average Bonchev–Trinajstić information content (AvgIpc) is 1.87. The summed E-state index contributed by atoms with van der Waals surface area (Å²) in [7, 11) is 0. The Morgan fingerprint density at radius 1 is 1.40 bits per heavy atom. The Kier molecular flexibility index (Phi) is 7.65. The van der Waals surface area contributed by atoms with Crippen LogP contribution in [-0.4, -0.2) is 12.3 Å². The van der Waals surface area contributed by atoms with Crippen LogP contribution in [-0.2, 0) is 0 Å². The summed E-state index contributed by atoms with van der Waals surface area (Å²) < 4.78 is 3.33. The molecule has 0 rings (SSSR count). The van der Waals surface area contributed by atoms with E-state index in [0.717, 1.165) is 12.5 Å². The lowest BCUT2D eigenvalue weighted by atomic mass is 10.1. The van der Waals surface area contributed by atoms with Crippen LogP contribution in [0.25, 0.3) is 0 Å². The molecule has 0 bridgehead atoms. The van der Waals surface area contributed by atoms with E-state index in [0.29, 0.717) is 0 Å². The van der Waals surface area contributed by atoms with Gasteiger partial charge in [0.25, 0.3) is 0 Å². The first kappa shape index (κ1) is 10.3. The molecule has 0 aromatic rings. The highest BCUT2D eigenvalue weighted by molar-refractivity contribution is 7.97. The minimum absolute atomic E-state index is 0.828. The van der Waals surface area contributed by atoms with Gasteiger partial charge >= 0.3 is 0 Å². The van der Waals surface area contributed by atoms with Gasteiger partial charge in [-0.05, 0) is 18.8 Å². The minimum Gasteiger partial charge on any atom is -0.264 e. The molecule has 0 amide bonds. The highest BCUT2D eigenvalue weighted by Gasteiger charge is 1.91. The average molecular weight is 161 g/mol. The fourth-order valence-corrected chi connectivity index (χ4v) is 1.20. The maximum atomic E-state index is 3.33. The molecule has 0 aromatic heterocycles. The first-order chi connectivity index (χ1) is 4.77. The zero-order chi connectivity index (χ0) is 7.82. The van der Waals surface area contributed by atoms with Gasteiger partial charge in [0.2, 0.25) is 0 Å². The lowest BCUT2D eigenvalue weighted by molar-refractivity contribution is 0.585. The Bertz CT molecular complexity index is 64.3. The Morgan fingerprint density at radius 2 is 2.10 bits per heavy atom. The lowest BCUT2D eigenvalue weighted by Gasteiger charge is -2.04. The maximum Gasteiger partial charge on any atom is 0.00760 e. The summed E-state index contributed by atoms with van der Waals surface area (Å²) in [6.45, 7) is 7.87. The largest absolute Gasteiger partial charge is 0.264 e. The molecule has 0 heterocycles. The summed E-state index contributed by atoms with van der Waals surface area (Å²) in [5, 5.41) is 0. The molecule has 0 aromatic carbocycles. The van der Waals surface area contributed by atoms with E-state index in [4.69, 9.17) is 0 Å². The molecule has 1 N–H and O–H groups in total. The van der Waals surface area contributed by atoms with Gasteiger partial charge in [0.05, 0.1) is 0 Å². The zero-order valence-electron chi connectivity index (χ0n) is 7.31. The van der Waals surface area contributed by atoms with Gasteiger partial charge in [-0.25, -0.2) is 0 Å². The SMILES string of the molecule is CCCSNCCC(C)C. The molecule has 0 spiro atoms. The fourth-order valence-electron chi connectivity index (χ4n) is 0.594. The first-order valence-electron chi connectivity index (χ1n) is 4.12. The van der Waals surface area contributed by atoms with Gasteiger partial charge in [-0.15, -0.1) is 0 Å². The van der Waals surface area contributed by atoms with Gasteiger partial charge in [0.15, 0.2) is 0 Å². The van der Waals surface area contributed by atoms with Crippen LogP contribution < -0.4 is 4.72 Å². The molecule has 1 nitrogen and oxygen atoms in total. The van der Waals surface area contributed by atoms with Crippen molar-refractivity contribution in [1.82, 2.24) is 4.72 Å². The first-order valence-corrected chi connectivity index (χ1v) is 5.10. The van der Waals surface area contributed by atoms with E-state index < -0.39 is 0 Å². The van der Waals surface area contributed by atoms with Crippen molar-refractivity contribution in [3.63, 3.8) is 0 Å². The number of rotatable bonds is 6. The van der Waals surface area contributed by atoms with Crippen LogP contribution in [0.1, 0.15) is 33.6 Å². The van der Waals surface area contributed by atoms with Gasteiger partial charge in [0.1, 0.15) is 0 Å². The van der Waals surface area contributed by atoms with Gasteiger partial charge < -0.3 is 0 Å². The van der Waals surface area contributed by atoms with Crippen LogP contribution in [0.5, 0.6) is 0 Å². The zero-order valence-corrected chi connectivity index (χ0v) is 8.13. The topological polar surface area (TPSA) is 12.0 Å². The summed E-state index contributed by atoms with van der Waals surface area (Å²) in [6, 6.07) is 0. The molecule has 0 aliphatic heterocycles. The summed E-state index contributed by atoms with van der Waals surface area (Å²) in [4.78, 5) is 0. The van der Waals surface area contributed by atoms with E-state index in [9.17, 15) is 0 Å². The Balaban J connectivity index is 2.77. The second kappa shape index (κ2) is 7.42. The molecule has 2 heteroatoms. The summed E-state index contributed by atoms with van der Waals surface area (Å²) in [5.41, 5.74) is 0. The van der Waals surface area contributed by atoms with Gasteiger partial charge in [-0.2, -0.15) is 0 Å². The van der Waals surface area contributed by atoms with Crippen molar-refractivity contribution >= 4 is 11.9 Å². The number of hydrogen-bond donors (Lipinski definition) is 1. The predicted molar refractivity (Wildman–Crippen MR) is 50.2 cm³/mol. The second-order valence-electron chi connectivity index (χ2n) is 2.93. The van der Waals surface area contributed by atoms with E-state index >= 15 is 0 Å². The van der Waals surface area contributed by atoms with Crippen LogP contribution in [0.15, 0.2) is 0 Å². The molecule has 0 saturated heterocycles. The predicted octanol–water partition coefficient (Wildman–Crippen LogP) is 2.68. The molecular formula is C8H19NS. The van der Waals surface area contributed by atoms with Crippen molar-refractivity contribution in [3.8, 4) is 0 Å². The quantitative estimate of drug-likeness (QED) is 0.475. The third-order valence-corrected chi connectivity index (χ3v) is 2.25. The molecule has 10 heavy (non-hydrogen) atoms. The van der Waals surface area contributed by atoms with Crippen LogP contribution in [0.3, 0.4) is 0 Å². The molecule has 0 atom stereocenters. The van der Waals surface area contributed by atoms with E-state index in [1.54, 1.807) is 0 Å². The van der Waals surface area contributed by atoms with Crippen LogP contribution in [0, 0.1) is 5.92 Å². The number of hydrogen-bond acceptors (Lipinski definition) is 2. The van der Waals surface area contributed by atoms with Crippen molar-refractivity contribution in [2.24, 2.45) is 5.92 Å². The fraction of sp³-hybridized carbons (Fsp3) is 1.00. The Labute approximate surface area is 69.1 Å². The Hall–Kier alpha value is 0.310. The van der Waals surface area contributed by atoms with Crippen molar-refractivity contribution < 1.29 is 0 Å². The van der Waals surface area contributed by atoms with Crippen LogP contribution in [0.2, 0.25) is 0 Å². The summed E-state index contributed by atoms with van der Waals surface area (Å²) >= 11 is 1.85. The lowest BCUT2D eigenvalue weighted by Crippen LogP contribution is -2.08. The van der Waals surface area contributed by atoms with E-state index in [1.807, 2.05) is 11.9 Å². The maximum absolute atomic E-state index is 3.33. The van der Waals surface area contributed by atoms with Gasteiger partial charge in [0, 0.05) is 12.3 Å². The van der Waals surface area contributed by atoms with E-state index in [-0.39, 0.29) is 0 Å². The van der Waals surface area contributed by atoms with Crippen molar-refractivity contribution in [2.45, 2.75) is 33.6 Å². The molecule has 0 aliphatic carbocycles. The van der Waals surface area contributed by atoms with Gasteiger partial charge in [-0.1, -0.05) is 32.7 Å². The molecule has 0 fully saturated rings. The van der Waals surface area contributed by atoms with E-state index in [1.165, 1.54) is 18.6 Å². The molecule has 0 aliphatic rings. The smallest absolute Gasteiger partial charge is 0.00760 e. The third-order valence-electron chi connectivity index (χ3n) is 1.23. The summed E-state index contributed by atoms with van der Waals surface area (Å²) in [5.74, 6) is 2.06. The monoisotopic (exact) mass is 161 g/mol. The minimum atomic E-state index is 0.828. The molecule has 0 saturated carbocycles. The second-order valence-corrected chi connectivity index (χ2v) is 3.91. The molecule has 0 unspecified atom stereocenters. The molecular weight excluding hydrogens is 142 g/mol. The summed E-state index contributed by atoms with van der Waals surface area (Å²) in [6.07, 6.45) is 2.55. The highest BCUT2D eigenvalue weighted by Crippen LogP contribution is 2.00. The molecule has 0 radical (unpaired) electrons. The normalized spacial score (nSPS) is 10.8. The standard InChI is InChI=1S/C8H19NS/c1-4-7-10-9-6-5-8(2)3/h8-9H,4-7H2,1-3H3. The van der Waals surface area contributed by atoms with Crippen molar-refractivity contribution in [3.05, 3.63) is 0 Å². The van der Waals surface area contributed by atoms with Crippen LogP contribution >= 0.6 is 11.9 Å². The van der Waals surface area contributed by atoms with Crippen molar-refractivity contribution in [2.75, 3.05) is 12.3 Å². The van der Waals surface area contributed by atoms with E-state index in [2.05, 4.69) is 25.5 Å². The molecule has 62 valence electrons. The number of nitrogens with one attached hydrogen (secondary N) is 1. The van der Waals surface area contributed by atoms with Gasteiger partial charge in [-0.3, -0.25) is 4.72 Å². The highest BCUT2D eigenvalue weighted by atomic mass is 32.2. The van der Waals surface area contributed by atoms with Crippen molar-refractivity contribution in [1.29, 1.82) is 0 Å². The third kappa shape index (κ3) is 8.31. The van der Waals surface area contributed by atoms with Crippen LogP contribution in [0.4, 0.5) is 0 Å².